The highest BCUT2D eigenvalue weighted by atomic mass is 32.2. The van der Waals surface area contributed by atoms with E-state index in [2.05, 4.69) is 4.72 Å². The summed E-state index contributed by atoms with van der Waals surface area (Å²) in [4.78, 5) is 0.146. The van der Waals surface area contributed by atoms with Gasteiger partial charge in [0, 0.05) is 12.2 Å². The topological polar surface area (TPSA) is 81.4 Å². The van der Waals surface area contributed by atoms with Crippen LogP contribution in [0.25, 0.3) is 0 Å². The number of ether oxygens (including phenoxy) is 1. The van der Waals surface area contributed by atoms with Crippen LogP contribution in [0.5, 0.6) is 5.75 Å². The van der Waals surface area contributed by atoms with Crippen LogP contribution in [0.1, 0.15) is 25.3 Å². The van der Waals surface area contributed by atoms with Gasteiger partial charge in [-0.15, -0.1) is 0 Å². The number of sulfonamides is 1. The number of benzene rings is 1. The van der Waals surface area contributed by atoms with Crippen molar-refractivity contribution in [2.24, 2.45) is 0 Å². The lowest BCUT2D eigenvalue weighted by molar-refractivity contribution is 0.280. The largest absolute Gasteiger partial charge is 0.492 e. The van der Waals surface area contributed by atoms with Gasteiger partial charge in [-0.2, -0.15) is 0 Å². The molecule has 1 heterocycles. The molecule has 0 atom stereocenters. The molecule has 5 nitrogen and oxygen atoms in total. The van der Waals surface area contributed by atoms with Gasteiger partial charge in [-0.3, -0.25) is 0 Å². The van der Waals surface area contributed by atoms with Gasteiger partial charge in [0.05, 0.1) is 6.61 Å². The molecule has 0 aliphatic carbocycles. The summed E-state index contributed by atoms with van der Waals surface area (Å²) in [5.41, 5.74) is 7.11. The Morgan fingerprint density at radius 2 is 2.25 bits per heavy atom. The average Bonchev–Trinajstić information content (AvgIpc) is 2.42. The van der Waals surface area contributed by atoms with E-state index in [1.54, 1.807) is 6.07 Å². The Kier molecular flexibility index (Phi) is 4.67. The van der Waals surface area contributed by atoms with Crippen molar-refractivity contribution in [2.45, 2.75) is 31.1 Å². The number of hydrogen-bond acceptors (Lipinski definition) is 4. The summed E-state index contributed by atoms with van der Waals surface area (Å²) in [5, 5.41) is 0. The molecular formula is C14H20N2O3S. The highest BCUT2D eigenvalue weighted by Crippen LogP contribution is 2.34. The van der Waals surface area contributed by atoms with Gasteiger partial charge in [-0.25, -0.2) is 13.1 Å². The monoisotopic (exact) mass is 296 g/mol. The highest BCUT2D eigenvalue weighted by Gasteiger charge is 2.24. The SMILES string of the molecule is C/C=C/CCNS(=O)(=O)c1cc(N)cc2c1OCCC2. The Labute approximate surface area is 119 Å². The molecule has 1 aromatic carbocycles. The van der Waals surface area contributed by atoms with E-state index >= 15 is 0 Å². The molecule has 1 aliphatic rings. The van der Waals surface area contributed by atoms with Gasteiger partial charge >= 0.3 is 0 Å². The van der Waals surface area contributed by atoms with Crippen LogP contribution in [0.2, 0.25) is 0 Å². The van der Waals surface area contributed by atoms with Gasteiger partial charge < -0.3 is 10.5 Å². The minimum absolute atomic E-state index is 0.146. The molecule has 20 heavy (non-hydrogen) atoms. The van der Waals surface area contributed by atoms with Gasteiger partial charge in [-0.1, -0.05) is 12.2 Å². The van der Waals surface area contributed by atoms with Crippen LogP contribution in [-0.2, 0) is 16.4 Å². The number of anilines is 1. The molecule has 0 fully saturated rings. The fraction of sp³-hybridized carbons (Fsp3) is 0.429. The summed E-state index contributed by atoms with van der Waals surface area (Å²) in [7, 11) is -3.59. The third-order valence-electron chi connectivity index (χ3n) is 3.12. The van der Waals surface area contributed by atoms with E-state index in [0.29, 0.717) is 31.0 Å². The van der Waals surface area contributed by atoms with Crippen LogP contribution < -0.4 is 15.2 Å². The van der Waals surface area contributed by atoms with Crippen LogP contribution in [0.15, 0.2) is 29.2 Å². The third-order valence-corrected chi connectivity index (χ3v) is 4.59. The maximum absolute atomic E-state index is 12.3. The summed E-state index contributed by atoms with van der Waals surface area (Å²) >= 11 is 0. The molecule has 6 heteroatoms. The molecule has 0 saturated heterocycles. The van der Waals surface area contributed by atoms with Crippen LogP contribution >= 0.6 is 0 Å². The number of aryl methyl sites for hydroxylation is 1. The summed E-state index contributed by atoms with van der Waals surface area (Å²) in [5.74, 6) is 0.448. The quantitative estimate of drug-likeness (QED) is 0.493. The van der Waals surface area contributed by atoms with Crippen LogP contribution in [-0.4, -0.2) is 21.6 Å². The number of nitrogen functional groups attached to an aromatic ring is 1. The lowest BCUT2D eigenvalue weighted by atomic mass is 10.1. The second-order valence-electron chi connectivity index (χ2n) is 4.71. The van der Waals surface area contributed by atoms with E-state index in [4.69, 9.17) is 10.5 Å². The van der Waals surface area contributed by atoms with Crippen molar-refractivity contribution in [2.75, 3.05) is 18.9 Å². The minimum Gasteiger partial charge on any atom is -0.492 e. The van der Waals surface area contributed by atoms with E-state index in [-0.39, 0.29) is 4.90 Å². The van der Waals surface area contributed by atoms with E-state index in [1.807, 2.05) is 19.1 Å². The Balaban J connectivity index is 2.29. The molecular weight excluding hydrogens is 276 g/mol. The first-order chi connectivity index (χ1) is 9.54. The van der Waals surface area contributed by atoms with Gasteiger partial charge in [-0.05, 0) is 43.9 Å². The highest BCUT2D eigenvalue weighted by molar-refractivity contribution is 7.89. The Bertz CT molecular complexity index is 609. The Morgan fingerprint density at radius 3 is 3.00 bits per heavy atom. The molecule has 0 saturated carbocycles. The smallest absolute Gasteiger partial charge is 0.244 e. The first-order valence-electron chi connectivity index (χ1n) is 6.70. The maximum atomic E-state index is 12.3. The molecule has 110 valence electrons. The van der Waals surface area contributed by atoms with E-state index < -0.39 is 10.0 Å². The van der Waals surface area contributed by atoms with Crippen LogP contribution in [0, 0.1) is 0 Å². The molecule has 3 N–H and O–H groups in total. The van der Waals surface area contributed by atoms with E-state index in [9.17, 15) is 8.42 Å². The van der Waals surface area contributed by atoms with Crippen molar-refractivity contribution in [1.82, 2.24) is 4.72 Å². The van der Waals surface area contributed by atoms with Crippen molar-refractivity contribution in [3.8, 4) is 5.75 Å². The molecule has 1 aromatic rings. The zero-order valence-electron chi connectivity index (χ0n) is 11.6. The summed E-state index contributed by atoms with van der Waals surface area (Å²) in [6.07, 6.45) is 6.13. The summed E-state index contributed by atoms with van der Waals surface area (Å²) < 4.78 is 32.8. The predicted molar refractivity (Wildman–Crippen MR) is 79.3 cm³/mol. The van der Waals surface area contributed by atoms with Gasteiger partial charge in [0.15, 0.2) is 0 Å². The first-order valence-corrected chi connectivity index (χ1v) is 8.19. The number of rotatable bonds is 5. The van der Waals surface area contributed by atoms with Crippen molar-refractivity contribution in [1.29, 1.82) is 0 Å². The van der Waals surface area contributed by atoms with Gasteiger partial charge in [0.2, 0.25) is 10.0 Å². The zero-order valence-corrected chi connectivity index (χ0v) is 12.4. The van der Waals surface area contributed by atoms with Crippen molar-refractivity contribution >= 4 is 15.7 Å². The fourth-order valence-electron chi connectivity index (χ4n) is 2.19. The fourth-order valence-corrected chi connectivity index (χ4v) is 3.46. The predicted octanol–water partition coefficient (Wildman–Crippen LogP) is 1.84. The van der Waals surface area contributed by atoms with Crippen LogP contribution in [0.4, 0.5) is 5.69 Å². The Morgan fingerprint density at radius 1 is 1.45 bits per heavy atom. The van der Waals surface area contributed by atoms with Crippen LogP contribution in [0.3, 0.4) is 0 Å². The van der Waals surface area contributed by atoms with Crippen molar-refractivity contribution in [3.05, 3.63) is 29.8 Å². The van der Waals surface area contributed by atoms with Crippen molar-refractivity contribution in [3.63, 3.8) is 0 Å². The Hall–Kier alpha value is -1.53. The molecule has 0 spiro atoms. The third kappa shape index (κ3) is 3.32. The number of nitrogens with two attached hydrogens (primary N) is 1. The minimum atomic E-state index is -3.59. The number of nitrogens with one attached hydrogen (secondary N) is 1. The molecule has 0 radical (unpaired) electrons. The van der Waals surface area contributed by atoms with Crippen molar-refractivity contribution < 1.29 is 13.2 Å². The lowest BCUT2D eigenvalue weighted by Gasteiger charge is -2.21. The van der Waals surface area contributed by atoms with Gasteiger partial charge in [0.1, 0.15) is 10.6 Å². The summed E-state index contributed by atoms with van der Waals surface area (Å²) in [6, 6.07) is 3.25. The number of allylic oxidation sites excluding steroid dienone is 1. The lowest BCUT2D eigenvalue weighted by Crippen LogP contribution is -2.26. The maximum Gasteiger partial charge on any atom is 0.244 e. The number of fused-ring (bicyclic) bond motifs is 1. The molecule has 2 rings (SSSR count). The second-order valence-corrected chi connectivity index (χ2v) is 6.45. The molecule has 0 bridgehead atoms. The molecule has 0 amide bonds. The molecule has 1 aliphatic heterocycles. The average molecular weight is 296 g/mol. The van der Waals surface area contributed by atoms with Gasteiger partial charge in [0.25, 0.3) is 0 Å². The second kappa shape index (κ2) is 6.28. The molecule has 0 aromatic heterocycles. The van der Waals surface area contributed by atoms with E-state index in [0.717, 1.165) is 18.4 Å². The first kappa shape index (κ1) is 14.9. The normalized spacial score (nSPS) is 15.1. The summed E-state index contributed by atoms with van der Waals surface area (Å²) in [6.45, 7) is 2.80. The standard InChI is InChI=1S/C14H20N2O3S/c1-2-3-4-7-16-20(17,18)13-10-12(15)9-11-6-5-8-19-14(11)13/h2-3,9-10,16H,4-8,15H2,1H3/b3-2+. The van der Waals surface area contributed by atoms with E-state index in [1.165, 1.54) is 6.07 Å². The zero-order chi connectivity index (χ0) is 14.6. The number of hydrogen-bond donors (Lipinski definition) is 2. The molecule has 0 unspecified atom stereocenters.